The van der Waals surface area contributed by atoms with Crippen LogP contribution in [-0.4, -0.2) is 34.4 Å². The van der Waals surface area contributed by atoms with Gasteiger partial charge in [-0.2, -0.15) is 5.10 Å². The molecule has 0 spiro atoms. The maximum absolute atomic E-state index is 12.7. The van der Waals surface area contributed by atoms with E-state index in [-0.39, 0.29) is 12.0 Å². The van der Waals surface area contributed by atoms with Gasteiger partial charge in [0.25, 0.3) is 0 Å². The zero-order valence-electron chi connectivity index (χ0n) is 13.1. The summed E-state index contributed by atoms with van der Waals surface area (Å²) in [6, 6.07) is 5.66. The molecule has 1 aliphatic carbocycles. The van der Waals surface area contributed by atoms with Gasteiger partial charge in [-0.15, -0.1) is 0 Å². The molecular weight excluding hydrogens is 280 g/mol. The number of nitrogens with one attached hydrogen (secondary N) is 2. The highest BCUT2D eigenvalue weighted by Crippen LogP contribution is 2.50. The van der Waals surface area contributed by atoms with E-state index in [0.717, 1.165) is 10.9 Å². The molecule has 6 heteroatoms. The number of hydrogen-bond donors (Lipinski definition) is 3. The number of carbonyl (C=O) groups is 1. The van der Waals surface area contributed by atoms with Crippen molar-refractivity contribution in [3.63, 3.8) is 0 Å². The Morgan fingerprint density at radius 2 is 2.32 bits per heavy atom. The molecule has 4 N–H and O–H groups in total. The zero-order valence-corrected chi connectivity index (χ0v) is 13.1. The molecule has 2 unspecified atom stereocenters. The highest BCUT2D eigenvalue weighted by atomic mass is 16.5. The van der Waals surface area contributed by atoms with Crippen LogP contribution in [0.15, 0.2) is 24.4 Å². The Hall–Kier alpha value is -1.92. The third-order valence-electron chi connectivity index (χ3n) is 4.96. The van der Waals surface area contributed by atoms with Crippen LogP contribution < -0.4 is 11.1 Å². The number of benzene rings is 1. The van der Waals surface area contributed by atoms with Crippen molar-refractivity contribution < 1.29 is 9.53 Å². The van der Waals surface area contributed by atoms with E-state index in [2.05, 4.69) is 15.5 Å². The van der Waals surface area contributed by atoms with E-state index in [1.165, 1.54) is 0 Å². The number of amides is 1. The molecule has 3 rings (SSSR count). The van der Waals surface area contributed by atoms with Gasteiger partial charge in [-0.25, -0.2) is 0 Å². The van der Waals surface area contributed by atoms with Crippen LogP contribution in [0, 0.1) is 5.41 Å². The molecule has 1 amide bonds. The number of hydrogen-bond acceptors (Lipinski definition) is 4. The Kier molecular flexibility index (Phi) is 3.45. The van der Waals surface area contributed by atoms with Crippen LogP contribution in [0.2, 0.25) is 0 Å². The molecule has 0 radical (unpaired) electrons. The lowest BCUT2D eigenvalue weighted by molar-refractivity contribution is -0.166. The minimum atomic E-state index is -0.935. The van der Waals surface area contributed by atoms with Gasteiger partial charge in [0, 0.05) is 23.8 Å². The van der Waals surface area contributed by atoms with Crippen LogP contribution in [0.5, 0.6) is 0 Å². The van der Waals surface area contributed by atoms with E-state index < -0.39 is 11.0 Å². The number of ether oxygens (including phenoxy) is 1. The Labute approximate surface area is 129 Å². The summed E-state index contributed by atoms with van der Waals surface area (Å²) in [7, 11) is 0. The first-order chi connectivity index (χ1) is 10.4. The largest absolute Gasteiger partial charge is 0.378 e. The molecule has 6 nitrogen and oxygen atoms in total. The normalized spacial score (nSPS) is 26.6. The van der Waals surface area contributed by atoms with E-state index in [4.69, 9.17) is 10.5 Å². The minimum Gasteiger partial charge on any atom is -0.378 e. The predicted molar refractivity (Wildman–Crippen MR) is 85.5 cm³/mol. The van der Waals surface area contributed by atoms with Gasteiger partial charge in [0.2, 0.25) is 5.91 Å². The summed E-state index contributed by atoms with van der Waals surface area (Å²) in [5, 5.41) is 10.8. The van der Waals surface area contributed by atoms with Gasteiger partial charge in [-0.1, -0.05) is 26.0 Å². The number of fused-ring (bicyclic) bond motifs is 1. The molecule has 118 valence electrons. The van der Waals surface area contributed by atoms with Crippen molar-refractivity contribution in [1.29, 1.82) is 0 Å². The van der Waals surface area contributed by atoms with Crippen molar-refractivity contribution in [3.05, 3.63) is 24.4 Å². The van der Waals surface area contributed by atoms with Gasteiger partial charge in [0.15, 0.2) is 0 Å². The summed E-state index contributed by atoms with van der Waals surface area (Å²) in [6.45, 7) is 6.53. The second-order valence-electron chi connectivity index (χ2n) is 6.44. The fraction of sp³-hybridized carbons (Fsp3) is 0.500. The van der Waals surface area contributed by atoms with Gasteiger partial charge >= 0.3 is 0 Å². The average Bonchev–Trinajstić information content (AvgIpc) is 2.96. The summed E-state index contributed by atoms with van der Waals surface area (Å²) in [5.74, 6) is -0.185. The maximum atomic E-state index is 12.7. The number of aromatic nitrogens is 2. The molecule has 0 aliphatic heterocycles. The molecular formula is C16H22N4O2. The number of rotatable bonds is 4. The van der Waals surface area contributed by atoms with Crippen molar-refractivity contribution in [1.82, 2.24) is 10.2 Å². The molecule has 2 atom stereocenters. The molecule has 1 heterocycles. The Morgan fingerprint density at radius 3 is 3.00 bits per heavy atom. The van der Waals surface area contributed by atoms with Gasteiger partial charge in [-0.3, -0.25) is 9.89 Å². The quantitative estimate of drug-likeness (QED) is 0.805. The number of anilines is 1. The summed E-state index contributed by atoms with van der Waals surface area (Å²) >= 11 is 0. The predicted octanol–water partition coefficient (Wildman–Crippen LogP) is 2.03. The van der Waals surface area contributed by atoms with E-state index >= 15 is 0 Å². The number of nitrogens with two attached hydrogens (primary N) is 1. The molecule has 2 aromatic rings. The summed E-state index contributed by atoms with van der Waals surface area (Å²) < 4.78 is 5.67. The van der Waals surface area contributed by atoms with Crippen LogP contribution in [0.3, 0.4) is 0 Å². The fourth-order valence-corrected chi connectivity index (χ4v) is 3.13. The molecule has 0 bridgehead atoms. The van der Waals surface area contributed by atoms with Crippen LogP contribution in [0.25, 0.3) is 10.9 Å². The van der Waals surface area contributed by atoms with E-state index in [0.29, 0.717) is 18.7 Å². The standard InChI is InChI=1S/C16H22N4O2/c1-4-22-12-8-16(17,15(12,2)3)14(21)19-11-7-5-6-10-9-18-20-13(10)11/h5-7,9,12H,4,8,17H2,1-3H3,(H,18,20)(H,19,21). The lowest BCUT2D eigenvalue weighted by Crippen LogP contribution is -2.74. The van der Waals surface area contributed by atoms with Crippen LogP contribution in [0.4, 0.5) is 5.69 Å². The molecule has 1 fully saturated rings. The first-order valence-corrected chi connectivity index (χ1v) is 7.54. The number of nitrogens with zero attached hydrogens (tertiary/aromatic N) is 1. The van der Waals surface area contributed by atoms with Crippen LogP contribution in [-0.2, 0) is 9.53 Å². The van der Waals surface area contributed by atoms with E-state index in [9.17, 15) is 4.79 Å². The molecule has 22 heavy (non-hydrogen) atoms. The second kappa shape index (κ2) is 5.07. The maximum Gasteiger partial charge on any atom is 0.245 e. The Bertz CT molecular complexity index is 709. The first kappa shape index (κ1) is 15.0. The third-order valence-corrected chi connectivity index (χ3v) is 4.96. The average molecular weight is 302 g/mol. The van der Waals surface area contributed by atoms with E-state index in [1.807, 2.05) is 39.0 Å². The van der Waals surface area contributed by atoms with Crippen molar-refractivity contribution in [3.8, 4) is 0 Å². The van der Waals surface area contributed by atoms with Crippen molar-refractivity contribution in [2.45, 2.75) is 38.8 Å². The van der Waals surface area contributed by atoms with Crippen molar-refractivity contribution >= 4 is 22.5 Å². The van der Waals surface area contributed by atoms with Gasteiger partial charge in [-0.05, 0) is 13.0 Å². The lowest BCUT2D eigenvalue weighted by Gasteiger charge is -2.57. The summed E-state index contributed by atoms with van der Waals surface area (Å²) in [5.41, 5.74) is 6.55. The monoisotopic (exact) mass is 302 g/mol. The number of para-hydroxylation sites is 1. The number of carbonyl (C=O) groups excluding carboxylic acids is 1. The van der Waals surface area contributed by atoms with Crippen molar-refractivity contribution in [2.24, 2.45) is 11.1 Å². The van der Waals surface area contributed by atoms with Crippen molar-refractivity contribution in [2.75, 3.05) is 11.9 Å². The third kappa shape index (κ3) is 2.02. The van der Waals surface area contributed by atoms with Crippen LogP contribution in [0.1, 0.15) is 27.2 Å². The molecule has 1 aromatic heterocycles. The van der Waals surface area contributed by atoms with Gasteiger partial charge < -0.3 is 15.8 Å². The molecule has 1 saturated carbocycles. The summed E-state index contributed by atoms with van der Waals surface area (Å²) in [4.78, 5) is 12.7. The van der Waals surface area contributed by atoms with Crippen LogP contribution >= 0.6 is 0 Å². The topological polar surface area (TPSA) is 93.0 Å². The Morgan fingerprint density at radius 1 is 1.55 bits per heavy atom. The molecule has 1 aliphatic rings. The number of aromatic amines is 1. The highest BCUT2D eigenvalue weighted by molar-refractivity contribution is 6.05. The highest BCUT2D eigenvalue weighted by Gasteiger charge is 2.62. The number of H-pyrrole nitrogens is 1. The zero-order chi connectivity index (χ0) is 16.0. The SMILES string of the molecule is CCOC1CC(N)(C(=O)Nc2cccc3cn[nH]c23)C1(C)C. The summed E-state index contributed by atoms with van der Waals surface area (Å²) in [6.07, 6.45) is 2.26. The van der Waals surface area contributed by atoms with E-state index in [1.54, 1.807) is 6.20 Å². The fourth-order valence-electron chi connectivity index (χ4n) is 3.13. The molecule has 0 saturated heterocycles. The van der Waals surface area contributed by atoms with Gasteiger partial charge in [0.1, 0.15) is 5.54 Å². The minimum absolute atomic E-state index is 0.0104. The Balaban J connectivity index is 1.82. The second-order valence-corrected chi connectivity index (χ2v) is 6.44. The lowest BCUT2D eigenvalue weighted by atomic mass is 9.54. The molecule has 1 aromatic carbocycles. The first-order valence-electron chi connectivity index (χ1n) is 7.54. The van der Waals surface area contributed by atoms with Gasteiger partial charge in [0.05, 0.1) is 23.5 Å². The smallest absolute Gasteiger partial charge is 0.245 e.